The van der Waals surface area contributed by atoms with E-state index in [0.717, 1.165) is 0 Å². The Hall–Kier alpha value is -3.26. The van der Waals surface area contributed by atoms with E-state index in [1.165, 1.54) is 31.4 Å². The minimum atomic E-state index is -0.478. The predicted molar refractivity (Wildman–Crippen MR) is 115 cm³/mol. The highest BCUT2D eigenvalue weighted by Gasteiger charge is 2.15. The minimum absolute atomic E-state index is 0.110. The molecule has 0 saturated heterocycles. The van der Waals surface area contributed by atoms with Gasteiger partial charge in [0.05, 0.1) is 12.7 Å². The second-order valence-corrected chi connectivity index (χ2v) is 7.67. The SMILES string of the molecule is COC(=O)c1ccc(C(=O)NC(=S)Nc2ccc(C(=O)NC(C)(C)C)cc2)cc1. The molecule has 0 aliphatic heterocycles. The summed E-state index contributed by atoms with van der Waals surface area (Å²) in [4.78, 5) is 35.8. The molecule has 0 fully saturated rings. The van der Waals surface area contributed by atoms with E-state index in [2.05, 4.69) is 20.7 Å². The summed E-state index contributed by atoms with van der Waals surface area (Å²) >= 11 is 5.16. The summed E-state index contributed by atoms with van der Waals surface area (Å²) in [6, 6.07) is 12.7. The van der Waals surface area contributed by atoms with E-state index in [4.69, 9.17) is 12.2 Å². The molecule has 7 nitrogen and oxygen atoms in total. The third-order valence-electron chi connectivity index (χ3n) is 3.69. The van der Waals surface area contributed by atoms with Gasteiger partial charge in [-0.1, -0.05) is 0 Å². The lowest BCUT2D eigenvalue weighted by Gasteiger charge is -2.20. The van der Waals surface area contributed by atoms with Crippen LogP contribution in [0.15, 0.2) is 48.5 Å². The van der Waals surface area contributed by atoms with Gasteiger partial charge in [-0.05, 0) is 81.5 Å². The van der Waals surface area contributed by atoms with Gasteiger partial charge in [-0.2, -0.15) is 0 Å². The van der Waals surface area contributed by atoms with E-state index in [0.29, 0.717) is 22.4 Å². The van der Waals surface area contributed by atoms with Gasteiger partial charge in [0.15, 0.2) is 5.11 Å². The maximum atomic E-state index is 12.3. The predicted octanol–water partition coefficient (Wildman–Crippen LogP) is 3.13. The van der Waals surface area contributed by atoms with E-state index in [1.54, 1.807) is 24.3 Å². The van der Waals surface area contributed by atoms with Crippen LogP contribution in [0, 0.1) is 0 Å². The number of amides is 2. The van der Waals surface area contributed by atoms with Gasteiger partial charge in [0, 0.05) is 22.4 Å². The van der Waals surface area contributed by atoms with Gasteiger partial charge < -0.3 is 15.4 Å². The fourth-order valence-corrected chi connectivity index (χ4v) is 2.54. The van der Waals surface area contributed by atoms with Crippen LogP contribution in [0.2, 0.25) is 0 Å². The molecule has 0 radical (unpaired) electrons. The molecule has 2 amide bonds. The number of benzene rings is 2. The van der Waals surface area contributed by atoms with Crippen molar-refractivity contribution in [2.24, 2.45) is 0 Å². The summed E-state index contributed by atoms with van der Waals surface area (Å²) in [7, 11) is 1.29. The Bertz CT molecular complexity index is 916. The Morgan fingerprint density at radius 1 is 0.828 bits per heavy atom. The minimum Gasteiger partial charge on any atom is -0.465 e. The van der Waals surface area contributed by atoms with Gasteiger partial charge in [-0.25, -0.2) is 4.79 Å². The van der Waals surface area contributed by atoms with Crippen molar-refractivity contribution < 1.29 is 19.1 Å². The number of ether oxygens (including phenoxy) is 1. The molecule has 0 bridgehead atoms. The van der Waals surface area contributed by atoms with E-state index in [1.807, 2.05) is 20.8 Å². The van der Waals surface area contributed by atoms with Crippen molar-refractivity contribution >= 4 is 40.8 Å². The standard InChI is InChI=1S/C21H23N3O4S/c1-21(2,3)24-18(26)14-9-11-16(12-10-14)22-20(29)23-17(25)13-5-7-15(8-6-13)19(27)28-4/h5-12H,1-4H3,(H,24,26)(H2,22,23,25,29). The quantitative estimate of drug-likeness (QED) is 0.526. The third kappa shape index (κ3) is 6.69. The summed E-state index contributed by atoms with van der Waals surface area (Å²) < 4.78 is 4.62. The molecule has 8 heteroatoms. The molecule has 0 atom stereocenters. The topological polar surface area (TPSA) is 96.5 Å². The van der Waals surface area contributed by atoms with Crippen LogP contribution in [-0.2, 0) is 4.74 Å². The Kier molecular flexibility index (Phi) is 7.06. The Morgan fingerprint density at radius 2 is 1.31 bits per heavy atom. The Balaban J connectivity index is 1.94. The Labute approximate surface area is 174 Å². The smallest absolute Gasteiger partial charge is 0.337 e. The highest BCUT2D eigenvalue weighted by atomic mass is 32.1. The molecule has 29 heavy (non-hydrogen) atoms. The number of hydrogen-bond donors (Lipinski definition) is 3. The molecule has 0 aliphatic carbocycles. The van der Waals surface area contributed by atoms with Gasteiger partial charge in [-0.15, -0.1) is 0 Å². The average molecular weight is 413 g/mol. The molecule has 0 aromatic heterocycles. The van der Waals surface area contributed by atoms with Crippen LogP contribution in [0.3, 0.4) is 0 Å². The number of carbonyl (C=O) groups excluding carboxylic acids is 3. The summed E-state index contributed by atoms with van der Waals surface area (Å²) in [5, 5.41) is 8.44. The van der Waals surface area contributed by atoms with Crippen LogP contribution in [-0.4, -0.2) is 35.5 Å². The van der Waals surface area contributed by atoms with Crippen molar-refractivity contribution in [1.29, 1.82) is 0 Å². The molecule has 2 aromatic rings. The lowest BCUT2D eigenvalue weighted by atomic mass is 10.1. The fourth-order valence-electron chi connectivity index (χ4n) is 2.33. The summed E-state index contributed by atoms with van der Waals surface area (Å²) in [6.45, 7) is 5.72. The van der Waals surface area contributed by atoms with Crippen molar-refractivity contribution in [3.8, 4) is 0 Å². The first-order valence-electron chi connectivity index (χ1n) is 8.82. The van der Waals surface area contributed by atoms with Gasteiger partial charge in [0.25, 0.3) is 11.8 Å². The molecule has 152 valence electrons. The lowest BCUT2D eigenvalue weighted by molar-refractivity contribution is 0.0600. The summed E-state index contributed by atoms with van der Waals surface area (Å²) in [5.41, 5.74) is 1.51. The molecule has 2 rings (SSSR count). The maximum Gasteiger partial charge on any atom is 0.337 e. The molecule has 3 N–H and O–H groups in total. The second kappa shape index (κ2) is 9.29. The molecular weight excluding hydrogens is 390 g/mol. The van der Waals surface area contributed by atoms with Crippen molar-refractivity contribution in [2.45, 2.75) is 26.3 Å². The van der Waals surface area contributed by atoms with E-state index in [9.17, 15) is 14.4 Å². The van der Waals surface area contributed by atoms with Crippen molar-refractivity contribution in [2.75, 3.05) is 12.4 Å². The van der Waals surface area contributed by atoms with Crippen molar-refractivity contribution in [3.05, 3.63) is 65.2 Å². The summed E-state index contributed by atoms with van der Waals surface area (Å²) in [6.07, 6.45) is 0. The second-order valence-electron chi connectivity index (χ2n) is 7.26. The molecule has 0 spiro atoms. The third-order valence-corrected chi connectivity index (χ3v) is 3.89. The van der Waals surface area contributed by atoms with E-state index in [-0.39, 0.29) is 16.6 Å². The fraction of sp³-hybridized carbons (Fsp3) is 0.238. The van der Waals surface area contributed by atoms with E-state index < -0.39 is 11.9 Å². The number of carbonyl (C=O) groups is 3. The number of esters is 1. The number of methoxy groups -OCH3 is 1. The highest BCUT2D eigenvalue weighted by molar-refractivity contribution is 7.80. The van der Waals surface area contributed by atoms with Crippen LogP contribution in [0.25, 0.3) is 0 Å². The lowest BCUT2D eigenvalue weighted by Crippen LogP contribution is -2.40. The van der Waals surface area contributed by atoms with Crippen LogP contribution >= 0.6 is 12.2 Å². The summed E-state index contributed by atoms with van der Waals surface area (Å²) in [5.74, 6) is -1.07. The molecule has 2 aromatic carbocycles. The van der Waals surface area contributed by atoms with Crippen LogP contribution in [0.4, 0.5) is 5.69 Å². The van der Waals surface area contributed by atoms with Gasteiger partial charge in [-0.3, -0.25) is 14.9 Å². The molecule has 0 saturated carbocycles. The zero-order chi connectivity index (χ0) is 21.6. The number of rotatable bonds is 4. The Morgan fingerprint density at radius 3 is 1.83 bits per heavy atom. The van der Waals surface area contributed by atoms with Crippen molar-refractivity contribution in [1.82, 2.24) is 10.6 Å². The van der Waals surface area contributed by atoms with Crippen LogP contribution in [0.1, 0.15) is 51.8 Å². The highest BCUT2D eigenvalue weighted by Crippen LogP contribution is 2.11. The van der Waals surface area contributed by atoms with Gasteiger partial charge >= 0.3 is 5.97 Å². The monoisotopic (exact) mass is 413 g/mol. The number of nitrogens with one attached hydrogen (secondary N) is 3. The van der Waals surface area contributed by atoms with Gasteiger partial charge in [0.2, 0.25) is 0 Å². The number of thiocarbonyl (C=S) groups is 1. The molecule has 0 unspecified atom stereocenters. The first-order valence-corrected chi connectivity index (χ1v) is 9.23. The molecule has 0 aliphatic rings. The maximum absolute atomic E-state index is 12.3. The zero-order valence-corrected chi connectivity index (χ0v) is 17.5. The molecule has 0 heterocycles. The van der Waals surface area contributed by atoms with Crippen LogP contribution < -0.4 is 16.0 Å². The van der Waals surface area contributed by atoms with Gasteiger partial charge in [0.1, 0.15) is 0 Å². The first-order chi connectivity index (χ1) is 13.6. The number of hydrogen-bond acceptors (Lipinski definition) is 5. The largest absolute Gasteiger partial charge is 0.465 e. The number of anilines is 1. The first kappa shape index (κ1) is 22.0. The average Bonchev–Trinajstić information content (AvgIpc) is 2.66. The van der Waals surface area contributed by atoms with Crippen LogP contribution in [0.5, 0.6) is 0 Å². The zero-order valence-electron chi connectivity index (χ0n) is 16.7. The van der Waals surface area contributed by atoms with Crippen molar-refractivity contribution in [3.63, 3.8) is 0 Å². The normalized spacial score (nSPS) is 10.6. The van der Waals surface area contributed by atoms with E-state index >= 15 is 0 Å². The molecular formula is C21H23N3O4S.